The second-order valence-corrected chi connectivity index (χ2v) is 11.5. The Kier molecular flexibility index (Phi) is 10.9. The third kappa shape index (κ3) is 9.02. The highest BCUT2D eigenvalue weighted by molar-refractivity contribution is 9.10. The van der Waals surface area contributed by atoms with Gasteiger partial charge in [-0.3, -0.25) is 14.4 Å². The third-order valence-electron chi connectivity index (χ3n) is 6.11. The first-order chi connectivity index (χ1) is 18.5. The molecule has 3 aromatic rings. The molecule has 0 saturated heterocycles. The lowest BCUT2D eigenvalue weighted by molar-refractivity contribution is -0.126. The molecule has 1 N–H and O–H groups in total. The normalized spacial score (nSPS) is 11.2. The second kappa shape index (κ2) is 13.9. The molecule has 1 amide bonds. The summed E-state index contributed by atoms with van der Waals surface area (Å²) in [5.74, 6) is 0.00684. The summed E-state index contributed by atoms with van der Waals surface area (Å²) < 4.78 is 11.7. The third-order valence-corrected chi connectivity index (χ3v) is 6.97. The van der Waals surface area contributed by atoms with Crippen LogP contribution >= 0.6 is 27.5 Å². The molecule has 0 unspecified atom stereocenters. The molecule has 0 aliphatic carbocycles. The minimum absolute atomic E-state index is 0.0427. The van der Waals surface area contributed by atoms with Crippen molar-refractivity contribution < 1.29 is 23.9 Å². The number of rotatable bonds is 12. The molecule has 0 aliphatic heterocycles. The Morgan fingerprint density at radius 3 is 2.23 bits per heavy atom. The second-order valence-electron chi connectivity index (χ2n) is 10.2. The van der Waals surface area contributed by atoms with E-state index in [9.17, 15) is 14.4 Å². The number of halogens is 2. The van der Waals surface area contributed by atoms with Gasteiger partial charge in [-0.2, -0.15) is 0 Å². The minimum Gasteiger partial charge on any atom is -0.490 e. The van der Waals surface area contributed by atoms with Crippen LogP contribution in [0.4, 0.5) is 5.69 Å². The van der Waals surface area contributed by atoms with E-state index >= 15 is 0 Å². The van der Waals surface area contributed by atoms with E-state index in [0.29, 0.717) is 52.6 Å². The molecule has 6 nitrogen and oxygen atoms in total. The average Bonchev–Trinajstić information content (AvgIpc) is 2.89. The van der Waals surface area contributed by atoms with Crippen LogP contribution in [0, 0.1) is 5.41 Å². The maximum absolute atomic E-state index is 13.3. The number of ketones is 2. The van der Waals surface area contributed by atoms with Gasteiger partial charge >= 0.3 is 0 Å². The van der Waals surface area contributed by atoms with Crippen molar-refractivity contribution >= 4 is 50.7 Å². The SMILES string of the molecule is COCCOc1ccc(CC(=O)c2cc(CCC(=O)C(C)(C)C)ccc2Cl)cc1C(=O)Nc1ccc(Br)cc1. The zero-order valence-corrected chi connectivity index (χ0v) is 24.9. The predicted molar refractivity (Wildman–Crippen MR) is 158 cm³/mol. The molecule has 0 heterocycles. The average molecular weight is 615 g/mol. The fraction of sp³-hybridized carbons (Fsp3) is 0.323. The molecular formula is C31H33BrClNO5. The van der Waals surface area contributed by atoms with E-state index in [1.807, 2.05) is 39.0 Å². The van der Waals surface area contributed by atoms with Crippen LogP contribution in [0.5, 0.6) is 5.75 Å². The number of hydrogen-bond acceptors (Lipinski definition) is 5. The van der Waals surface area contributed by atoms with Crippen molar-refractivity contribution in [3.05, 3.63) is 92.4 Å². The summed E-state index contributed by atoms with van der Waals surface area (Å²) in [4.78, 5) is 38.8. The topological polar surface area (TPSA) is 81.7 Å². The number of benzene rings is 3. The molecule has 39 heavy (non-hydrogen) atoms. The highest BCUT2D eigenvalue weighted by Crippen LogP contribution is 2.26. The van der Waals surface area contributed by atoms with Crippen LogP contribution in [0.3, 0.4) is 0 Å². The standard InChI is InChI=1S/C31H33BrClNO5/c1-31(2,3)29(36)14-7-20-5-12-26(33)24(17-20)27(35)19-21-6-13-28(39-16-15-38-4)25(18-21)30(37)34-23-10-8-22(32)9-11-23/h5-6,8-13,17-18H,7,14-16,19H2,1-4H3,(H,34,37). The number of aryl methyl sites for hydroxylation is 1. The number of hydrogen-bond donors (Lipinski definition) is 1. The molecule has 8 heteroatoms. The van der Waals surface area contributed by atoms with Gasteiger partial charge in [0.1, 0.15) is 18.1 Å². The minimum atomic E-state index is -0.411. The van der Waals surface area contributed by atoms with E-state index < -0.39 is 5.41 Å². The van der Waals surface area contributed by atoms with Crippen LogP contribution in [-0.4, -0.2) is 37.8 Å². The maximum atomic E-state index is 13.3. The lowest BCUT2D eigenvalue weighted by Crippen LogP contribution is -2.20. The van der Waals surface area contributed by atoms with Crippen molar-refractivity contribution in [1.82, 2.24) is 0 Å². The van der Waals surface area contributed by atoms with Crippen molar-refractivity contribution in [1.29, 1.82) is 0 Å². The van der Waals surface area contributed by atoms with Gasteiger partial charge in [-0.05, 0) is 66.1 Å². The number of carbonyl (C=O) groups excluding carboxylic acids is 3. The number of ether oxygens (including phenoxy) is 2. The molecule has 0 atom stereocenters. The first-order valence-corrected chi connectivity index (χ1v) is 13.8. The zero-order chi connectivity index (χ0) is 28.6. The Labute approximate surface area is 243 Å². The molecule has 0 saturated carbocycles. The Bertz CT molecular complexity index is 1330. The van der Waals surface area contributed by atoms with Crippen molar-refractivity contribution in [3.63, 3.8) is 0 Å². The van der Waals surface area contributed by atoms with Crippen molar-refractivity contribution in [3.8, 4) is 5.75 Å². The van der Waals surface area contributed by atoms with E-state index in [2.05, 4.69) is 21.2 Å². The number of nitrogens with one attached hydrogen (secondary N) is 1. The Balaban J connectivity index is 1.81. The summed E-state index contributed by atoms with van der Waals surface area (Å²) in [6, 6.07) is 17.6. The van der Waals surface area contributed by atoms with Gasteiger partial charge in [-0.1, -0.05) is 60.4 Å². The smallest absolute Gasteiger partial charge is 0.259 e. The first kappa shape index (κ1) is 30.5. The molecule has 3 aromatic carbocycles. The zero-order valence-electron chi connectivity index (χ0n) is 22.6. The molecule has 0 aliphatic rings. The molecule has 0 spiro atoms. The molecule has 0 aromatic heterocycles. The molecule has 206 valence electrons. The molecule has 0 radical (unpaired) electrons. The number of carbonyl (C=O) groups is 3. The van der Waals surface area contributed by atoms with E-state index in [1.54, 1.807) is 49.6 Å². The summed E-state index contributed by atoms with van der Waals surface area (Å²) in [5, 5.41) is 3.22. The van der Waals surface area contributed by atoms with Gasteiger partial charge in [0.2, 0.25) is 0 Å². The van der Waals surface area contributed by atoms with E-state index in [1.165, 1.54) is 0 Å². The lowest BCUT2D eigenvalue weighted by Gasteiger charge is -2.16. The van der Waals surface area contributed by atoms with Crippen molar-refractivity contribution in [2.24, 2.45) is 5.41 Å². The van der Waals surface area contributed by atoms with Crippen LogP contribution in [0.15, 0.2) is 65.1 Å². The van der Waals surface area contributed by atoms with Crippen molar-refractivity contribution in [2.45, 2.75) is 40.0 Å². The highest BCUT2D eigenvalue weighted by atomic mass is 79.9. The fourth-order valence-electron chi connectivity index (χ4n) is 3.81. The maximum Gasteiger partial charge on any atom is 0.259 e. The quantitative estimate of drug-likeness (QED) is 0.170. The summed E-state index contributed by atoms with van der Waals surface area (Å²) in [6.45, 7) is 6.33. The van der Waals surface area contributed by atoms with E-state index in [4.69, 9.17) is 21.1 Å². The Hall–Kier alpha value is -3.00. The summed E-state index contributed by atoms with van der Waals surface area (Å²) in [6.07, 6.45) is 0.961. The van der Waals surface area contributed by atoms with Crippen LogP contribution in [0.25, 0.3) is 0 Å². The monoisotopic (exact) mass is 613 g/mol. The predicted octanol–water partition coefficient (Wildman–Crippen LogP) is 7.35. The highest BCUT2D eigenvalue weighted by Gasteiger charge is 2.21. The van der Waals surface area contributed by atoms with E-state index in [0.717, 1.165) is 10.0 Å². The van der Waals surface area contributed by atoms with E-state index in [-0.39, 0.29) is 30.5 Å². The fourth-order valence-corrected chi connectivity index (χ4v) is 4.30. The number of anilines is 1. The van der Waals surface area contributed by atoms with Crippen LogP contribution < -0.4 is 10.1 Å². The lowest BCUT2D eigenvalue weighted by atomic mass is 9.87. The number of Topliss-reactive ketones (excluding diaryl/α,β-unsaturated/α-hetero) is 2. The van der Waals surface area contributed by atoms with Gasteiger partial charge in [-0.25, -0.2) is 0 Å². The Morgan fingerprint density at radius 1 is 0.897 bits per heavy atom. The molecular weight excluding hydrogens is 582 g/mol. The van der Waals surface area contributed by atoms with Gasteiger partial charge in [-0.15, -0.1) is 0 Å². The Morgan fingerprint density at radius 2 is 1.56 bits per heavy atom. The number of methoxy groups -OCH3 is 1. The summed E-state index contributed by atoms with van der Waals surface area (Å²) >= 11 is 9.77. The van der Waals surface area contributed by atoms with Gasteiger partial charge in [0, 0.05) is 41.1 Å². The van der Waals surface area contributed by atoms with Crippen LogP contribution in [0.2, 0.25) is 5.02 Å². The van der Waals surface area contributed by atoms with Gasteiger partial charge < -0.3 is 14.8 Å². The first-order valence-electron chi connectivity index (χ1n) is 12.6. The summed E-state index contributed by atoms with van der Waals surface area (Å²) in [7, 11) is 1.57. The van der Waals surface area contributed by atoms with Gasteiger partial charge in [0.15, 0.2) is 5.78 Å². The van der Waals surface area contributed by atoms with Crippen molar-refractivity contribution in [2.75, 3.05) is 25.6 Å². The molecule has 3 rings (SSSR count). The summed E-state index contributed by atoms with van der Waals surface area (Å²) in [5.41, 5.74) is 2.42. The van der Waals surface area contributed by atoms with Gasteiger partial charge in [0.25, 0.3) is 5.91 Å². The largest absolute Gasteiger partial charge is 0.490 e. The van der Waals surface area contributed by atoms with Crippen LogP contribution in [0.1, 0.15) is 59.0 Å². The molecule has 0 bridgehead atoms. The van der Waals surface area contributed by atoms with Crippen LogP contribution in [-0.2, 0) is 22.4 Å². The number of amides is 1. The molecule has 0 fully saturated rings. The van der Waals surface area contributed by atoms with Gasteiger partial charge in [0.05, 0.1) is 17.2 Å².